The average molecular weight is 410 g/mol. The molecule has 1 fully saturated rings. The highest BCUT2D eigenvalue weighted by atomic mass is 35.5. The fourth-order valence-corrected chi connectivity index (χ4v) is 4.54. The Hall–Kier alpha value is -1.44. The number of nitrogens with zero attached hydrogens (tertiary/aromatic N) is 3. The van der Waals surface area contributed by atoms with Crippen LogP contribution < -0.4 is 5.73 Å². The van der Waals surface area contributed by atoms with Crippen molar-refractivity contribution >= 4 is 29.7 Å². The Kier molecular flexibility index (Phi) is 6.23. The number of amides is 1. The van der Waals surface area contributed by atoms with Crippen LogP contribution in [0.2, 0.25) is 0 Å². The minimum absolute atomic E-state index is 0. The van der Waals surface area contributed by atoms with Crippen molar-refractivity contribution in [1.82, 2.24) is 20.1 Å². The van der Waals surface area contributed by atoms with Crippen LogP contribution in [0.3, 0.4) is 0 Å². The van der Waals surface area contributed by atoms with Gasteiger partial charge in [0.15, 0.2) is 0 Å². The van der Waals surface area contributed by atoms with Crippen LogP contribution in [0.15, 0.2) is 5.38 Å². The molecule has 2 aliphatic rings. The number of nitrogens with one attached hydrogen (secondary N) is 1. The van der Waals surface area contributed by atoms with Crippen LogP contribution in [0.1, 0.15) is 77.5 Å². The lowest BCUT2D eigenvalue weighted by molar-refractivity contribution is 0.0757. The molecule has 1 aliphatic heterocycles. The van der Waals surface area contributed by atoms with Crippen LogP contribution in [-0.2, 0) is 12.8 Å². The Morgan fingerprint density at radius 2 is 2.11 bits per heavy atom. The molecule has 4 rings (SSSR count). The van der Waals surface area contributed by atoms with E-state index in [0.29, 0.717) is 24.1 Å². The van der Waals surface area contributed by atoms with Crippen molar-refractivity contribution in [2.24, 2.45) is 11.7 Å². The van der Waals surface area contributed by atoms with E-state index in [4.69, 9.17) is 5.73 Å². The zero-order chi connectivity index (χ0) is 18.3. The number of H-pyrrole nitrogens is 1. The maximum absolute atomic E-state index is 12.9. The van der Waals surface area contributed by atoms with Gasteiger partial charge >= 0.3 is 0 Å². The first kappa shape index (κ1) is 20.3. The predicted octanol–water partition coefficient (Wildman–Crippen LogP) is 3.45. The average Bonchev–Trinajstić information content (AvgIpc) is 3.25. The second-order valence-electron chi connectivity index (χ2n) is 7.94. The minimum atomic E-state index is -0.0855. The van der Waals surface area contributed by atoms with Gasteiger partial charge in [-0.3, -0.25) is 9.89 Å². The van der Waals surface area contributed by atoms with Crippen LogP contribution in [0.4, 0.5) is 0 Å². The number of hydrogen-bond acceptors (Lipinski definition) is 5. The van der Waals surface area contributed by atoms with Gasteiger partial charge < -0.3 is 10.6 Å². The fourth-order valence-electron chi connectivity index (χ4n) is 3.73. The molecule has 1 amide bonds. The predicted molar refractivity (Wildman–Crippen MR) is 110 cm³/mol. The Labute approximate surface area is 170 Å². The maximum atomic E-state index is 12.9. The third-order valence-corrected chi connectivity index (χ3v) is 6.26. The molecule has 1 atom stereocenters. The van der Waals surface area contributed by atoms with Gasteiger partial charge in [0.1, 0.15) is 10.7 Å². The summed E-state index contributed by atoms with van der Waals surface area (Å²) in [5, 5.41) is 10.5. The molecule has 0 spiro atoms. The van der Waals surface area contributed by atoms with E-state index in [1.165, 1.54) is 41.1 Å². The lowest BCUT2D eigenvalue weighted by Crippen LogP contribution is -2.33. The van der Waals surface area contributed by atoms with Gasteiger partial charge in [0.2, 0.25) is 0 Å². The molecule has 27 heavy (non-hydrogen) atoms. The summed E-state index contributed by atoms with van der Waals surface area (Å²) in [6.07, 6.45) is 5.10. The molecule has 1 aliphatic carbocycles. The lowest BCUT2D eigenvalue weighted by Gasteiger charge is -2.19. The van der Waals surface area contributed by atoms with Gasteiger partial charge in [-0.15, -0.1) is 23.7 Å². The van der Waals surface area contributed by atoms with Crippen molar-refractivity contribution in [2.45, 2.75) is 57.9 Å². The smallest absolute Gasteiger partial charge is 0.273 e. The van der Waals surface area contributed by atoms with Crippen molar-refractivity contribution in [2.75, 3.05) is 13.1 Å². The quantitative estimate of drug-likeness (QED) is 0.791. The summed E-state index contributed by atoms with van der Waals surface area (Å²) in [6, 6.07) is -0.0855. The van der Waals surface area contributed by atoms with E-state index in [1.54, 1.807) is 0 Å². The maximum Gasteiger partial charge on any atom is 0.273 e. The summed E-state index contributed by atoms with van der Waals surface area (Å²) < 4.78 is 0. The van der Waals surface area contributed by atoms with Crippen LogP contribution >= 0.6 is 23.7 Å². The summed E-state index contributed by atoms with van der Waals surface area (Å²) in [6.45, 7) is 5.74. The van der Waals surface area contributed by atoms with Crippen LogP contribution in [0, 0.1) is 5.92 Å². The van der Waals surface area contributed by atoms with E-state index in [0.717, 1.165) is 30.8 Å². The van der Waals surface area contributed by atoms with Crippen LogP contribution in [0.5, 0.6) is 0 Å². The Balaban J connectivity index is 0.00000210. The van der Waals surface area contributed by atoms with Crippen LogP contribution in [0.25, 0.3) is 0 Å². The molecule has 0 saturated heterocycles. The van der Waals surface area contributed by atoms with Crippen molar-refractivity contribution in [1.29, 1.82) is 0 Å². The first-order valence-corrected chi connectivity index (χ1v) is 10.5. The van der Waals surface area contributed by atoms with Gasteiger partial charge in [-0.05, 0) is 37.2 Å². The van der Waals surface area contributed by atoms with E-state index in [2.05, 4.69) is 29.0 Å². The zero-order valence-corrected chi connectivity index (χ0v) is 17.5. The number of nitrogens with two attached hydrogens (primary N) is 1. The molecule has 2 aromatic heterocycles. The van der Waals surface area contributed by atoms with E-state index < -0.39 is 0 Å². The number of carbonyl (C=O) groups excluding carboxylic acids is 1. The van der Waals surface area contributed by atoms with Crippen molar-refractivity contribution in [3.63, 3.8) is 0 Å². The third-order valence-electron chi connectivity index (χ3n) is 5.28. The molecule has 0 radical (unpaired) electrons. The van der Waals surface area contributed by atoms with Crippen molar-refractivity contribution in [3.8, 4) is 0 Å². The summed E-state index contributed by atoms with van der Waals surface area (Å²) >= 11 is 1.50. The van der Waals surface area contributed by atoms with Crippen LogP contribution in [-0.4, -0.2) is 39.1 Å². The molecule has 3 heterocycles. The highest BCUT2D eigenvalue weighted by Crippen LogP contribution is 2.41. The van der Waals surface area contributed by atoms with E-state index in [-0.39, 0.29) is 24.4 Å². The molecule has 0 bridgehead atoms. The first-order chi connectivity index (χ1) is 12.5. The molecule has 8 heteroatoms. The number of hydrogen-bond donors (Lipinski definition) is 2. The third kappa shape index (κ3) is 4.36. The van der Waals surface area contributed by atoms with Gasteiger partial charge in [0.25, 0.3) is 5.91 Å². The molecule has 148 valence electrons. The van der Waals surface area contributed by atoms with Crippen molar-refractivity contribution < 1.29 is 4.79 Å². The first-order valence-electron chi connectivity index (χ1n) is 9.59. The van der Waals surface area contributed by atoms with Gasteiger partial charge in [0.05, 0.1) is 11.7 Å². The fraction of sp³-hybridized carbons (Fsp3) is 0.632. The van der Waals surface area contributed by atoms with Gasteiger partial charge in [-0.25, -0.2) is 4.98 Å². The van der Waals surface area contributed by atoms with Gasteiger partial charge in [-0.1, -0.05) is 13.8 Å². The van der Waals surface area contributed by atoms with Gasteiger partial charge in [0, 0.05) is 36.5 Å². The highest BCUT2D eigenvalue weighted by Gasteiger charge is 2.32. The number of carbonyl (C=O) groups is 1. The number of thiazole rings is 1. The molecular formula is C19H28ClN5OS. The molecular weight excluding hydrogens is 382 g/mol. The topological polar surface area (TPSA) is 87.9 Å². The number of aromatic nitrogens is 3. The van der Waals surface area contributed by atoms with E-state index in [9.17, 15) is 4.79 Å². The largest absolute Gasteiger partial charge is 0.337 e. The lowest BCUT2D eigenvalue weighted by atomic mass is 10.1. The normalized spacial score (nSPS) is 18.0. The molecule has 0 unspecified atom stereocenters. The van der Waals surface area contributed by atoms with Crippen molar-refractivity contribution in [3.05, 3.63) is 33.0 Å². The monoisotopic (exact) mass is 409 g/mol. The summed E-state index contributed by atoms with van der Waals surface area (Å²) in [5.41, 5.74) is 10.6. The molecule has 3 N–H and O–H groups in total. The SMILES string of the molecule is CC(C)C[C@H](N)c1nc(C(=O)N2CCc3[nH]nc(C4CC4)c3CC2)cs1.Cl. The molecule has 0 aromatic carbocycles. The summed E-state index contributed by atoms with van der Waals surface area (Å²) in [5.74, 6) is 1.18. The summed E-state index contributed by atoms with van der Waals surface area (Å²) in [4.78, 5) is 19.4. The number of halogens is 1. The van der Waals surface area contributed by atoms with Gasteiger partial charge in [-0.2, -0.15) is 5.10 Å². The zero-order valence-electron chi connectivity index (χ0n) is 15.9. The second-order valence-corrected chi connectivity index (χ2v) is 8.83. The number of rotatable bonds is 5. The molecule has 1 saturated carbocycles. The Morgan fingerprint density at radius 1 is 1.37 bits per heavy atom. The van der Waals surface area contributed by atoms with E-state index in [1.807, 2.05) is 10.3 Å². The summed E-state index contributed by atoms with van der Waals surface area (Å²) in [7, 11) is 0. The van der Waals surface area contributed by atoms with E-state index >= 15 is 0 Å². The highest BCUT2D eigenvalue weighted by molar-refractivity contribution is 7.09. The number of fused-ring (bicyclic) bond motifs is 1. The minimum Gasteiger partial charge on any atom is -0.337 e. The molecule has 2 aromatic rings. The Bertz CT molecular complexity index is 798. The number of aromatic amines is 1. The Morgan fingerprint density at radius 3 is 2.81 bits per heavy atom. The molecule has 6 nitrogen and oxygen atoms in total. The second kappa shape index (κ2) is 8.29. The standard InChI is InChI=1S/C19H27N5OS.ClH/c1-11(2)9-14(20)18-21-16(10-26-18)19(25)24-7-5-13-15(6-8-24)22-23-17(13)12-3-4-12;/h10-12,14H,3-9,20H2,1-2H3,(H,22,23);1H/t14-;/m0./s1.